The lowest BCUT2D eigenvalue weighted by molar-refractivity contribution is -0.873. The summed E-state index contributed by atoms with van der Waals surface area (Å²) in [4.78, 5) is 2.00. The van der Waals surface area contributed by atoms with Gasteiger partial charge in [-0.3, -0.25) is 0 Å². The maximum atomic E-state index is 9.57. The topological polar surface area (TPSA) is 113 Å². The normalized spacial score (nSPS) is 18.8. The fourth-order valence-corrected chi connectivity index (χ4v) is 1.80. The molecule has 0 radical (unpaired) electrons. The first-order valence-electron chi connectivity index (χ1n) is 9.65. The van der Waals surface area contributed by atoms with E-state index in [4.69, 9.17) is 24.1 Å². The van der Waals surface area contributed by atoms with Gasteiger partial charge in [0, 0.05) is 14.2 Å². The minimum absolute atomic E-state index is 0.196. The number of likely N-dealkylation sites (N-methyl/N-ethyl adjacent to an activating group) is 1. The van der Waals surface area contributed by atoms with E-state index < -0.39 is 18.5 Å². The van der Waals surface area contributed by atoms with Crippen molar-refractivity contribution in [2.24, 2.45) is 0 Å². The molecule has 1 aliphatic heterocycles. The third-order valence-electron chi connectivity index (χ3n) is 2.98. The quantitative estimate of drug-likeness (QED) is 0.185. The zero-order valence-corrected chi connectivity index (χ0v) is 19.5. The zero-order chi connectivity index (χ0) is 22.9. The van der Waals surface area contributed by atoms with Crippen molar-refractivity contribution in [3.05, 3.63) is 0 Å². The Hall–Kier alpha value is -0.400. The van der Waals surface area contributed by atoms with Gasteiger partial charge in [-0.05, 0) is 21.1 Å². The third-order valence-corrected chi connectivity index (χ3v) is 2.98. The monoisotopic (exact) mass is 429 g/mol. The Morgan fingerprint density at radius 3 is 1.86 bits per heavy atom. The molecule has 0 aromatic heterocycles. The molecule has 10 nitrogen and oxygen atoms in total. The molecule has 1 heterocycles. The summed E-state index contributed by atoms with van der Waals surface area (Å²) >= 11 is 0. The average molecular weight is 430 g/mol. The maximum absolute atomic E-state index is 9.57. The van der Waals surface area contributed by atoms with Gasteiger partial charge in [-0.2, -0.15) is 0 Å². The molecule has 10 heteroatoms. The predicted octanol–water partition coefficient (Wildman–Crippen LogP) is -1.38. The van der Waals surface area contributed by atoms with Gasteiger partial charge in [0.25, 0.3) is 0 Å². The first-order valence-corrected chi connectivity index (χ1v) is 9.65. The SMILES string of the molecule is CN(C)C.COC(O)COCC1CO1.COCC(O)COCC(O)C[N+](C)(C)C. The van der Waals surface area contributed by atoms with Crippen LogP contribution in [0.2, 0.25) is 0 Å². The molecule has 1 fully saturated rings. The Morgan fingerprint density at radius 2 is 1.45 bits per heavy atom. The van der Waals surface area contributed by atoms with Crippen molar-refractivity contribution >= 4 is 0 Å². The highest BCUT2D eigenvalue weighted by Crippen LogP contribution is 2.08. The Bertz CT molecular complexity index is 349. The molecule has 4 atom stereocenters. The van der Waals surface area contributed by atoms with E-state index in [1.807, 2.05) is 47.2 Å². The number of aliphatic hydroxyl groups excluding tert-OH is 3. The first kappa shape index (κ1) is 30.8. The van der Waals surface area contributed by atoms with Crippen LogP contribution in [0.4, 0.5) is 0 Å². The standard InChI is InChI=1S/C10H24NO4.C6H12O4.C3H9N/c1-11(2,3)5-9(12)7-15-8-10(13)6-14-4;1-8-6(7)4-9-2-5-3-10-5;1-4(2)3/h9-10,12-13H,5-8H2,1-4H3;5-7H,2-4H2,1H3;1-3H3/q+1;;. The van der Waals surface area contributed by atoms with E-state index in [1.165, 1.54) is 14.2 Å². The van der Waals surface area contributed by atoms with Gasteiger partial charge < -0.3 is 48.4 Å². The van der Waals surface area contributed by atoms with Crippen LogP contribution in [0.3, 0.4) is 0 Å². The number of quaternary nitrogens is 1. The van der Waals surface area contributed by atoms with Crippen molar-refractivity contribution in [1.29, 1.82) is 0 Å². The van der Waals surface area contributed by atoms with Crippen LogP contribution in [-0.4, -0.2) is 152 Å². The second-order valence-electron chi connectivity index (χ2n) is 8.30. The van der Waals surface area contributed by atoms with Gasteiger partial charge in [0.15, 0.2) is 6.29 Å². The molecule has 0 aromatic carbocycles. The zero-order valence-electron chi connectivity index (χ0n) is 19.5. The van der Waals surface area contributed by atoms with E-state index in [2.05, 4.69) is 4.74 Å². The summed E-state index contributed by atoms with van der Waals surface area (Å²) in [7, 11) is 15.0. The van der Waals surface area contributed by atoms with Crippen LogP contribution in [-0.2, 0) is 23.7 Å². The lowest BCUT2D eigenvalue weighted by Gasteiger charge is -2.26. The molecule has 0 spiro atoms. The van der Waals surface area contributed by atoms with Crippen molar-refractivity contribution in [2.75, 3.05) is 103 Å². The number of epoxide rings is 1. The average Bonchev–Trinajstić information content (AvgIpc) is 3.37. The lowest BCUT2D eigenvalue weighted by atomic mass is 10.3. The molecule has 1 saturated heterocycles. The lowest BCUT2D eigenvalue weighted by Crippen LogP contribution is -2.43. The van der Waals surface area contributed by atoms with Crippen molar-refractivity contribution < 1.29 is 43.5 Å². The Kier molecular flexibility index (Phi) is 19.5. The van der Waals surface area contributed by atoms with Gasteiger partial charge in [-0.1, -0.05) is 0 Å². The van der Waals surface area contributed by atoms with E-state index in [9.17, 15) is 10.2 Å². The fourth-order valence-electron chi connectivity index (χ4n) is 1.80. The minimum Gasteiger partial charge on any atom is -0.388 e. The number of hydrogen-bond acceptors (Lipinski definition) is 9. The van der Waals surface area contributed by atoms with Gasteiger partial charge in [-0.25, -0.2) is 0 Å². The highest BCUT2D eigenvalue weighted by atomic mass is 16.6. The van der Waals surface area contributed by atoms with Crippen LogP contribution >= 0.6 is 0 Å². The van der Waals surface area contributed by atoms with Crippen molar-refractivity contribution in [2.45, 2.75) is 24.6 Å². The summed E-state index contributed by atoms with van der Waals surface area (Å²) in [5, 5.41) is 27.6. The summed E-state index contributed by atoms with van der Waals surface area (Å²) in [5.41, 5.74) is 0. The van der Waals surface area contributed by atoms with Gasteiger partial charge in [0.2, 0.25) is 0 Å². The van der Waals surface area contributed by atoms with Gasteiger partial charge in [0.1, 0.15) is 24.9 Å². The Morgan fingerprint density at radius 1 is 0.931 bits per heavy atom. The van der Waals surface area contributed by atoms with Crippen LogP contribution in [0.15, 0.2) is 0 Å². The highest BCUT2D eigenvalue weighted by molar-refractivity contribution is 4.67. The van der Waals surface area contributed by atoms with Gasteiger partial charge >= 0.3 is 0 Å². The molecule has 1 aliphatic rings. The molecule has 29 heavy (non-hydrogen) atoms. The highest BCUT2D eigenvalue weighted by Gasteiger charge is 2.22. The Labute approximate surface area is 176 Å². The number of methoxy groups -OCH3 is 2. The predicted molar refractivity (Wildman–Crippen MR) is 111 cm³/mol. The second-order valence-corrected chi connectivity index (χ2v) is 8.30. The van der Waals surface area contributed by atoms with Crippen LogP contribution < -0.4 is 0 Å². The molecule has 0 aliphatic carbocycles. The summed E-state index contributed by atoms with van der Waals surface area (Å²) < 4.78 is 25.0. The number of aliphatic hydroxyl groups is 3. The first-order chi connectivity index (χ1) is 13.4. The molecule has 0 amide bonds. The molecular weight excluding hydrogens is 384 g/mol. The molecule has 1 rings (SSSR count). The maximum Gasteiger partial charge on any atom is 0.177 e. The summed E-state index contributed by atoms with van der Waals surface area (Å²) in [6.07, 6.45) is -1.67. The number of hydrogen-bond donors (Lipinski definition) is 3. The van der Waals surface area contributed by atoms with Crippen LogP contribution in [0.1, 0.15) is 0 Å². The third kappa shape index (κ3) is 29.9. The smallest absolute Gasteiger partial charge is 0.177 e. The van der Waals surface area contributed by atoms with Crippen LogP contribution in [0.5, 0.6) is 0 Å². The fraction of sp³-hybridized carbons (Fsp3) is 1.00. The summed E-state index contributed by atoms with van der Waals surface area (Å²) in [6.45, 7) is 2.88. The largest absolute Gasteiger partial charge is 0.388 e. The summed E-state index contributed by atoms with van der Waals surface area (Å²) in [5.74, 6) is 0. The second kappa shape index (κ2) is 18.4. The van der Waals surface area contributed by atoms with Crippen LogP contribution in [0, 0.1) is 0 Å². The van der Waals surface area contributed by atoms with E-state index in [0.717, 1.165) is 6.61 Å². The minimum atomic E-state index is -0.807. The molecule has 4 unspecified atom stereocenters. The van der Waals surface area contributed by atoms with E-state index in [0.29, 0.717) is 17.6 Å². The van der Waals surface area contributed by atoms with E-state index >= 15 is 0 Å². The number of nitrogens with zero attached hydrogens (tertiary/aromatic N) is 2. The molecule has 0 bridgehead atoms. The van der Waals surface area contributed by atoms with Crippen molar-refractivity contribution in [1.82, 2.24) is 4.90 Å². The van der Waals surface area contributed by atoms with Crippen molar-refractivity contribution in [3.63, 3.8) is 0 Å². The van der Waals surface area contributed by atoms with Crippen molar-refractivity contribution in [3.8, 4) is 0 Å². The number of rotatable bonds is 13. The van der Waals surface area contributed by atoms with Gasteiger partial charge in [-0.15, -0.1) is 0 Å². The Balaban J connectivity index is 0. The van der Waals surface area contributed by atoms with E-state index in [1.54, 1.807) is 0 Å². The van der Waals surface area contributed by atoms with Gasteiger partial charge in [0.05, 0.1) is 60.8 Å². The molecule has 0 saturated carbocycles. The van der Waals surface area contributed by atoms with E-state index in [-0.39, 0.29) is 32.5 Å². The van der Waals surface area contributed by atoms with Crippen LogP contribution in [0.25, 0.3) is 0 Å². The molecule has 178 valence electrons. The molecule has 3 N–H and O–H groups in total. The summed E-state index contributed by atoms with van der Waals surface area (Å²) in [6, 6.07) is 0. The molecule has 0 aromatic rings. The molecular formula is C19H45N2O8+. The number of ether oxygens (including phenoxy) is 5.